The summed E-state index contributed by atoms with van der Waals surface area (Å²) in [5.41, 5.74) is 0. The van der Waals surface area contributed by atoms with Crippen LogP contribution in [0.2, 0.25) is 0 Å². The van der Waals surface area contributed by atoms with Gasteiger partial charge in [-0.05, 0) is 26.7 Å². The van der Waals surface area contributed by atoms with Gasteiger partial charge in [0.05, 0.1) is 11.0 Å². The first kappa shape index (κ1) is 12.0. The Morgan fingerprint density at radius 3 is 2.36 bits per heavy atom. The summed E-state index contributed by atoms with van der Waals surface area (Å²) < 4.78 is 22.9. The third-order valence-electron chi connectivity index (χ3n) is 2.89. The molecule has 1 rings (SSSR count). The van der Waals surface area contributed by atoms with Gasteiger partial charge in [-0.1, -0.05) is 12.8 Å². The van der Waals surface area contributed by atoms with Crippen LogP contribution in [0.5, 0.6) is 0 Å². The Kier molecular flexibility index (Phi) is 4.38. The van der Waals surface area contributed by atoms with Crippen LogP contribution in [0.1, 0.15) is 39.5 Å². The van der Waals surface area contributed by atoms with Crippen LogP contribution in [0.4, 0.5) is 0 Å². The van der Waals surface area contributed by atoms with Gasteiger partial charge in [0.15, 0.2) is 9.84 Å². The van der Waals surface area contributed by atoms with E-state index in [9.17, 15) is 8.42 Å². The smallest absolute Gasteiger partial charge is 0.153 e. The van der Waals surface area contributed by atoms with Crippen molar-refractivity contribution in [2.45, 2.75) is 50.8 Å². The van der Waals surface area contributed by atoms with E-state index in [1.54, 1.807) is 13.8 Å². The predicted molar refractivity (Wildman–Crippen MR) is 59.2 cm³/mol. The molecule has 0 heterocycles. The summed E-state index contributed by atoms with van der Waals surface area (Å²) >= 11 is 0. The Labute approximate surface area is 87.2 Å². The second-order valence-electron chi connectivity index (χ2n) is 4.35. The zero-order valence-electron chi connectivity index (χ0n) is 9.12. The fourth-order valence-corrected chi connectivity index (χ4v) is 2.64. The molecule has 0 aromatic rings. The minimum Gasteiger partial charge on any atom is -0.313 e. The lowest BCUT2D eigenvalue weighted by molar-refractivity contribution is 0.534. The van der Waals surface area contributed by atoms with E-state index in [4.69, 9.17) is 0 Å². The second-order valence-corrected chi connectivity index (χ2v) is 7.03. The van der Waals surface area contributed by atoms with Crippen molar-refractivity contribution in [2.75, 3.05) is 12.3 Å². The van der Waals surface area contributed by atoms with E-state index in [1.807, 2.05) is 0 Å². The average Bonchev–Trinajstić information content (AvgIpc) is 2.56. The van der Waals surface area contributed by atoms with Gasteiger partial charge in [-0.15, -0.1) is 0 Å². The van der Waals surface area contributed by atoms with Gasteiger partial charge in [-0.2, -0.15) is 0 Å². The summed E-state index contributed by atoms with van der Waals surface area (Å²) in [7, 11) is -2.85. The van der Waals surface area contributed by atoms with E-state index in [1.165, 1.54) is 25.7 Å². The SMILES string of the molecule is CC(C)S(=O)(=O)CCNC1CCCC1. The first-order valence-corrected chi connectivity index (χ1v) is 7.19. The van der Waals surface area contributed by atoms with Crippen LogP contribution in [-0.2, 0) is 9.84 Å². The Balaban J connectivity index is 2.20. The number of nitrogens with one attached hydrogen (secondary N) is 1. The molecule has 14 heavy (non-hydrogen) atoms. The topological polar surface area (TPSA) is 46.2 Å². The third kappa shape index (κ3) is 3.58. The molecule has 0 aliphatic heterocycles. The van der Waals surface area contributed by atoms with Crippen molar-refractivity contribution in [3.05, 3.63) is 0 Å². The summed E-state index contributed by atoms with van der Waals surface area (Å²) in [5.74, 6) is 0.279. The summed E-state index contributed by atoms with van der Waals surface area (Å²) in [6.07, 6.45) is 4.99. The molecule has 1 saturated carbocycles. The van der Waals surface area contributed by atoms with Crippen molar-refractivity contribution >= 4 is 9.84 Å². The molecule has 0 atom stereocenters. The molecule has 0 radical (unpaired) electrons. The molecular formula is C10H21NO2S. The molecule has 0 aromatic carbocycles. The number of rotatable bonds is 5. The highest BCUT2D eigenvalue weighted by molar-refractivity contribution is 7.92. The minimum atomic E-state index is -2.85. The van der Waals surface area contributed by atoms with Crippen LogP contribution in [-0.4, -0.2) is 32.0 Å². The minimum absolute atomic E-state index is 0.243. The van der Waals surface area contributed by atoms with Gasteiger partial charge < -0.3 is 5.32 Å². The van der Waals surface area contributed by atoms with Crippen LogP contribution >= 0.6 is 0 Å². The molecule has 0 bridgehead atoms. The first-order chi connectivity index (χ1) is 6.52. The quantitative estimate of drug-likeness (QED) is 0.759. The first-order valence-electron chi connectivity index (χ1n) is 5.47. The molecule has 0 aromatic heterocycles. The van der Waals surface area contributed by atoms with Crippen LogP contribution in [0.25, 0.3) is 0 Å². The molecule has 3 nitrogen and oxygen atoms in total. The lowest BCUT2D eigenvalue weighted by Crippen LogP contribution is -2.32. The van der Waals surface area contributed by atoms with Gasteiger partial charge in [0.2, 0.25) is 0 Å². The highest BCUT2D eigenvalue weighted by atomic mass is 32.2. The van der Waals surface area contributed by atoms with Crippen molar-refractivity contribution in [3.63, 3.8) is 0 Å². The Hall–Kier alpha value is -0.0900. The van der Waals surface area contributed by atoms with E-state index in [-0.39, 0.29) is 11.0 Å². The zero-order chi connectivity index (χ0) is 10.6. The summed E-state index contributed by atoms with van der Waals surface area (Å²) in [5, 5.41) is 3.07. The Morgan fingerprint density at radius 2 is 1.86 bits per heavy atom. The monoisotopic (exact) mass is 219 g/mol. The molecule has 0 amide bonds. The fraction of sp³-hybridized carbons (Fsp3) is 1.00. The maximum absolute atomic E-state index is 11.5. The Morgan fingerprint density at radius 1 is 1.29 bits per heavy atom. The van der Waals surface area contributed by atoms with Crippen molar-refractivity contribution in [3.8, 4) is 0 Å². The Bertz CT molecular complexity index is 253. The van der Waals surface area contributed by atoms with Crippen molar-refractivity contribution < 1.29 is 8.42 Å². The fourth-order valence-electron chi connectivity index (χ4n) is 1.77. The molecular weight excluding hydrogens is 198 g/mol. The highest BCUT2D eigenvalue weighted by Crippen LogP contribution is 2.17. The lowest BCUT2D eigenvalue weighted by Gasteiger charge is -2.12. The van der Waals surface area contributed by atoms with E-state index >= 15 is 0 Å². The third-order valence-corrected chi connectivity index (χ3v) is 5.10. The van der Waals surface area contributed by atoms with Gasteiger partial charge in [0, 0.05) is 12.6 Å². The molecule has 4 heteroatoms. The highest BCUT2D eigenvalue weighted by Gasteiger charge is 2.18. The number of sulfone groups is 1. The van der Waals surface area contributed by atoms with Gasteiger partial charge in [-0.25, -0.2) is 8.42 Å². The van der Waals surface area contributed by atoms with Gasteiger partial charge in [0.25, 0.3) is 0 Å². The standard InChI is InChI=1S/C10H21NO2S/c1-9(2)14(12,13)8-7-11-10-5-3-4-6-10/h9-11H,3-8H2,1-2H3. The summed E-state index contributed by atoms with van der Waals surface area (Å²) in [4.78, 5) is 0. The van der Waals surface area contributed by atoms with Crippen LogP contribution in [0, 0.1) is 0 Å². The average molecular weight is 219 g/mol. The number of hydrogen-bond acceptors (Lipinski definition) is 3. The molecule has 1 N–H and O–H groups in total. The van der Waals surface area contributed by atoms with Crippen LogP contribution in [0.15, 0.2) is 0 Å². The van der Waals surface area contributed by atoms with Crippen LogP contribution in [0.3, 0.4) is 0 Å². The lowest BCUT2D eigenvalue weighted by atomic mass is 10.2. The summed E-state index contributed by atoms with van der Waals surface area (Å²) in [6, 6.07) is 0.567. The molecule has 1 fully saturated rings. The van der Waals surface area contributed by atoms with Crippen LogP contribution < -0.4 is 5.32 Å². The number of hydrogen-bond donors (Lipinski definition) is 1. The largest absolute Gasteiger partial charge is 0.313 e. The maximum Gasteiger partial charge on any atom is 0.153 e. The van der Waals surface area contributed by atoms with E-state index < -0.39 is 9.84 Å². The van der Waals surface area contributed by atoms with Crippen molar-refractivity contribution in [1.29, 1.82) is 0 Å². The molecule has 0 saturated heterocycles. The van der Waals surface area contributed by atoms with Gasteiger partial charge in [0.1, 0.15) is 0 Å². The van der Waals surface area contributed by atoms with E-state index in [2.05, 4.69) is 5.32 Å². The second kappa shape index (κ2) is 5.12. The van der Waals surface area contributed by atoms with Crippen molar-refractivity contribution in [2.24, 2.45) is 0 Å². The zero-order valence-corrected chi connectivity index (χ0v) is 9.94. The van der Waals surface area contributed by atoms with Gasteiger partial charge in [-0.3, -0.25) is 0 Å². The van der Waals surface area contributed by atoms with Gasteiger partial charge >= 0.3 is 0 Å². The predicted octanol–water partition coefficient (Wildman–Crippen LogP) is 1.34. The molecule has 0 spiro atoms. The van der Waals surface area contributed by atoms with Crippen molar-refractivity contribution in [1.82, 2.24) is 5.32 Å². The summed E-state index contributed by atoms with van der Waals surface area (Å²) in [6.45, 7) is 4.10. The molecule has 1 aliphatic rings. The van der Waals surface area contributed by atoms with E-state index in [0.29, 0.717) is 12.6 Å². The normalized spacial score (nSPS) is 19.4. The van der Waals surface area contributed by atoms with E-state index in [0.717, 1.165) is 0 Å². The molecule has 0 unspecified atom stereocenters. The molecule has 1 aliphatic carbocycles. The maximum atomic E-state index is 11.5. The molecule has 84 valence electrons.